The second-order valence-corrected chi connectivity index (χ2v) is 6.19. The number of nitrogens with zero attached hydrogens (tertiary/aromatic N) is 1. The summed E-state index contributed by atoms with van der Waals surface area (Å²) in [7, 11) is 0. The van der Waals surface area contributed by atoms with E-state index in [1.54, 1.807) is 0 Å². The lowest BCUT2D eigenvalue weighted by molar-refractivity contribution is 0.189. The minimum atomic E-state index is 0.213. The van der Waals surface area contributed by atoms with Crippen LogP contribution in [-0.4, -0.2) is 24.5 Å². The van der Waals surface area contributed by atoms with Crippen LogP contribution in [0.4, 0.5) is 0 Å². The van der Waals surface area contributed by atoms with Crippen LogP contribution in [0, 0.1) is 5.92 Å². The molecule has 0 radical (unpaired) electrons. The van der Waals surface area contributed by atoms with Crippen molar-refractivity contribution >= 4 is 27.5 Å². The molecule has 0 heterocycles. The van der Waals surface area contributed by atoms with Crippen molar-refractivity contribution in [3.05, 3.63) is 33.3 Å². The third kappa shape index (κ3) is 4.23. The highest BCUT2D eigenvalue weighted by atomic mass is 79.9. The van der Waals surface area contributed by atoms with E-state index in [1.807, 2.05) is 18.2 Å². The van der Waals surface area contributed by atoms with E-state index in [9.17, 15) is 0 Å². The third-order valence-corrected chi connectivity index (χ3v) is 3.94. The largest absolute Gasteiger partial charge is 0.329 e. The third-order valence-electron chi connectivity index (χ3n) is 2.99. The van der Waals surface area contributed by atoms with Crippen molar-refractivity contribution in [1.82, 2.24) is 4.90 Å². The second-order valence-electron chi connectivity index (χ2n) is 4.90. The molecule has 18 heavy (non-hydrogen) atoms. The smallest absolute Gasteiger partial charge is 0.0482 e. The molecule has 0 aromatic heterocycles. The van der Waals surface area contributed by atoms with E-state index in [-0.39, 0.29) is 6.04 Å². The van der Waals surface area contributed by atoms with E-state index in [0.717, 1.165) is 22.6 Å². The van der Waals surface area contributed by atoms with Crippen molar-refractivity contribution in [2.45, 2.75) is 26.8 Å². The molecule has 2 N–H and O–H groups in total. The highest BCUT2D eigenvalue weighted by Crippen LogP contribution is 2.30. The molecule has 102 valence electrons. The molecule has 0 fully saturated rings. The van der Waals surface area contributed by atoms with Crippen LogP contribution < -0.4 is 5.73 Å². The van der Waals surface area contributed by atoms with Crippen molar-refractivity contribution in [2.24, 2.45) is 11.7 Å². The minimum absolute atomic E-state index is 0.213. The first-order valence-corrected chi connectivity index (χ1v) is 7.55. The summed E-state index contributed by atoms with van der Waals surface area (Å²) < 4.78 is 1.07. The van der Waals surface area contributed by atoms with Crippen molar-refractivity contribution in [3.63, 3.8) is 0 Å². The normalized spacial score (nSPS) is 13.3. The van der Waals surface area contributed by atoms with E-state index < -0.39 is 0 Å². The predicted octanol–water partition coefficient (Wildman–Crippen LogP) is 4.08. The highest BCUT2D eigenvalue weighted by molar-refractivity contribution is 9.10. The number of hydrogen-bond acceptors (Lipinski definition) is 2. The van der Waals surface area contributed by atoms with Gasteiger partial charge in [-0.15, -0.1) is 0 Å². The summed E-state index contributed by atoms with van der Waals surface area (Å²) in [6.07, 6.45) is 0. The summed E-state index contributed by atoms with van der Waals surface area (Å²) in [4.78, 5) is 2.40. The standard InChI is InChI=1S/C14H22BrClN2/c1-4-18(9-10(2)3)14(8-17)12-7-11(16)5-6-13(12)15/h5-7,10,14H,4,8-9,17H2,1-3H3. The first-order valence-electron chi connectivity index (χ1n) is 6.38. The van der Waals surface area contributed by atoms with Crippen molar-refractivity contribution < 1.29 is 0 Å². The number of likely N-dealkylation sites (N-methyl/N-ethyl adjacent to an activating group) is 1. The second kappa shape index (κ2) is 7.49. The van der Waals surface area contributed by atoms with Gasteiger partial charge in [-0.05, 0) is 36.2 Å². The molecule has 1 rings (SSSR count). The summed E-state index contributed by atoms with van der Waals surface area (Å²) in [5.41, 5.74) is 7.14. The fraction of sp³-hybridized carbons (Fsp3) is 0.571. The van der Waals surface area contributed by atoms with Gasteiger partial charge in [0.25, 0.3) is 0 Å². The molecule has 0 amide bonds. The first kappa shape index (κ1) is 16.0. The van der Waals surface area contributed by atoms with Crippen LogP contribution in [0.25, 0.3) is 0 Å². The molecule has 0 aliphatic rings. The lowest BCUT2D eigenvalue weighted by Crippen LogP contribution is -2.36. The topological polar surface area (TPSA) is 29.3 Å². The van der Waals surface area contributed by atoms with E-state index >= 15 is 0 Å². The average Bonchev–Trinajstić information content (AvgIpc) is 2.32. The molecule has 0 saturated heterocycles. The summed E-state index contributed by atoms with van der Waals surface area (Å²) in [6.45, 7) is 9.24. The van der Waals surface area contributed by atoms with Crippen LogP contribution in [0.15, 0.2) is 22.7 Å². The quantitative estimate of drug-likeness (QED) is 0.850. The molecule has 0 bridgehead atoms. The summed E-state index contributed by atoms with van der Waals surface area (Å²) >= 11 is 9.69. The molecule has 1 unspecified atom stereocenters. The van der Waals surface area contributed by atoms with Gasteiger partial charge in [-0.3, -0.25) is 4.90 Å². The van der Waals surface area contributed by atoms with Crippen molar-refractivity contribution in [1.29, 1.82) is 0 Å². The van der Waals surface area contributed by atoms with Crippen LogP contribution in [0.5, 0.6) is 0 Å². The number of nitrogens with two attached hydrogens (primary N) is 1. The van der Waals surface area contributed by atoms with Gasteiger partial charge in [-0.25, -0.2) is 0 Å². The van der Waals surface area contributed by atoms with Gasteiger partial charge in [0.15, 0.2) is 0 Å². The molecule has 2 nitrogen and oxygen atoms in total. The van der Waals surface area contributed by atoms with Gasteiger partial charge in [0, 0.05) is 28.6 Å². The SMILES string of the molecule is CCN(CC(C)C)C(CN)c1cc(Cl)ccc1Br. The molecule has 0 aliphatic heterocycles. The number of hydrogen-bond donors (Lipinski definition) is 1. The van der Waals surface area contributed by atoms with E-state index in [0.29, 0.717) is 12.5 Å². The van der Waals surface area contributed by atoms with Gasteiger partial charge in [0.05, 0.1) is 0 Å². The molecule has 1 aromatic carbocycles. The molecule has 1 atom stereocenters. The van der Waals surface area contributed by atoms with Crippen LogP contribution in [0.1, 0.15) is 32.4 Å². The molecule has 0 spiro atoms. The van der Waals surface area contributed by atoms with Crippen LogP contribution >= 0.6 is 27.5 Å². The lowest BCUT2D eigenvalue weighted by atomic mass is 10.0. The molecule has 0 saturated carbocycles. The van der Waals surface area contributed by atoms with Gasteiger partial charge < -0.3 is 5.73 Å². The maximum Gasteiger partial charge on any atom is 0.0482 e. The number of rotatable bonds is 6. The zero-order valence-electron chi connectivity index (χ0n) is 11.3. The molecule has 0 aliphatic carbocycles. The van der Waals surface area contributed by atoms with Crippen LogP contribution in [-0.2, 0) is 0 Å². The predicted molar refractivity (Wildman–Crippen MR) is 83.0 cm³/mol. The fourth-order valence-corrected chi connectivity index (χ4v) is 2.88. The zero-order valence-corrected chi connectivity index (χ0v) is 13.6. The molecular weight excluding hydrogens is 312 g/mol. The summed E-state index contributed by atoms with van der Waals surface area (Å²) in [5, 5.41) is 0.757. The summed E-state index contributed by atoms with van der Waals surface area (Å²) in [5.74, 6) is 0.622. The number of benzene rings is 1. The van der Waals surface area contributed by atoms with Gasteiger partial charge in [0.2, 0.25) is 0 Å². The monoisotopic (exact) mass is 332 g/mol. The lowest BCUT2D eigenvalue weighted by Gasteiger charge is -2.32. The van der Waals surface area contributed by atoms with E-state index in [4.69, 9.17) is 17.3 Å². The summed E-state index contributed by atoms with van der Waals surface area (Å²) in [6, 6.07) is 6.10. The Morgan fingerprint density at radius 1 is 1.39 bits per heavy atom. The van der Waals surface area contributed by atoms with E-state index in [2.05, 4.69) is 41.6 Å². The minimum Gasteiger partial charge on any atom is -0.329 e. The Morgan fingerprint density at radius 2 is 2.06 bits per heavy atom. The van der Waals surface area contributed by atoms with Gasteiger partial charge in [0.1, 0.15) is 0 Å². The van der Waals surface area contributed by atoms with Gasteiger partial charge >= 0.3 is 0 Å². The molecular formula is C14H22BrClN2. The zero-order chi connectivity index (χ0) is 13.7. The Labute approximate surface area is 124 Å². The van der Waals surface area contributed by atoms with Crippen LogP contribution in [0.2, 0.25) is 5.02 Å². The Hall–Kier alpha value is -0.0900. The van der Waals surface area contributed by atoms with Gasteiger partial charge in [-0.1, -0.05) is 48.3 Å². The van der Waals surface area contributed by atoms with Crippen LogP contribution in [0.3, 0.4) is 0 Å². The van der Waals surface area contributed by atoms with Crippen molar-refractivity contribution in [2.75, 3.05) is 19.6 Å². The Kier molecular flexibility index (Phi) is 6.64. The average molecular weight is 334 g/mol. The maximum atomic E-state index is 6.09. The van der Waals surface area contributed by atoms with Gasteiger partial charge in [-0.2, -0.15) is 0 Å². The number of halogens is 2. The molecule has 4 heteroatoms. The Balaban J connectivity index is 3.03. The van der Waals surface area contributed by atoms with E-state index in [1.165, 1.54) is 5.56 Å². The van der Waals surface area contributed by atoms with Crippen molar-refractivity contribution in [3.8, 4) is 0 Å². The first-order chi connectivity index (χ1) is 8.49. The highest BCUT2D eigenvalue weighted by Gasteiger charge is 2.20. The fourth-order valence-electron chi connectivity index (χ4n) is 2.19. The Bertz CT molecular complexity index is 382. The maximum absolute atomic E-state index is 6.09. The molecule has 1 aromatic rings. The Morgan fingerprint density at radius 3 is 2.56 bits per heavy atom.